The van der Waals surface area contributed by atoms with Crippen LogP contribution in [0.15, 0.2) is 29.2 Å². The largest absolute Gasteiger partial charge is 0.453 e. The highest BCUT2D eigenvalue weighted by Crippen LogP contribution is 2.33. The minimum atomic E-state index is -3.03. The third-order valence-electron chi connectivity index (χ3n) is 3.65. The van der Waals surface area contributed by atoms with E-state index in [0.717, 1.165) is 7.11 Å². The fourth-order valence-electron chi connectivity index (χ4n) is 2.30. The number of alkyl carbamates (subject to hydrolysis) is 1. The summed E-state index contributed by atoms with van der Waals surface area (Å²) in [6.07, 6.45) is -1.63. The molecule has 1 saturated heterocycles. The average molecular weight is 401 g/mol. The molecule has 1 aromatic rings. The first kappa shape index (κ1) is 20.2. The fraction of sp³-hybridized carbons (Fsp3) is 0.438. The summed E-state index contributed by atoms with van der Waals surface area (Å²) in [5.74, 6) is -1.33. The van der Waals surface area contributed by atoms with Crippen molar-refractivity contribution in [3.05, 3.63) is 29.8 Å². The Bertz CT molecular complexity index is 807. The van der Waals surface area contributed by atoms with E-state index in [0.29, 0.717) is 11.3 Å². The van der Waals surface area contributed by atoms with Gasteiger partial charge in [0.15, 0.2) is 15.9 Å². The molecule has 10 heteroatoms. The van der Waals surface area contributed by atoms with E-state index in [2.05, 4.69) is 4.74 Å². The van der Waals surface area contributed by atoms with Gasteiger partial charge >= 0.3 is 12.1 Å². The number of methoxy groups -OCH3 is 1. The first-order valence-electron chi connectivity index (χ1n) is 7.77. The number of sulfone groups is 1. The van der Waals surface area contributed by atoms with Crippen molar-refractivity contribution in [2.75, 3.05) is 18.6 Å². The second-order valence-electron chi connectivity index (χ2n) is 5.67. The van der Waals surface area contributed by atoms with Crippen LogP contribution in [-0.2, 0) is 24.1 Å². The van der Waals surface area contributed by atoms with Crippen LogP contribution in [0.1, 0.15) is 23.7 Å². The van der Waals surface area contributed by atoms with E-state index in [9.17, 15) is 22.8 Å². The highest BCUT2D eigenvalue weighted by molar-refractivity contribution is 8.02. The van der Waals surface area contributed by atoms with Crippen LogP contribution in [0.3, 0.4) is 0 Å². The standard InChI is InChI=1S/C16H19NO7S2/c1-10(14(18)17-16(20)23-2)24-15(19)12-5-3-4-6-13(12)25-11-7-8-26(21,22)9-11/h3-6,10-11H,7-9H2,1-2H3,(H,17,18,20)/t10-,11+/m0/s1. The van der Waals surface area contributed by atoms with Crippen LogP contribution in [0.2, 0.25) is 0 Å². The van der Waals surface area contributed by atoms with Crippen molar-refractivity contribution in [2.24, 2.45) is 0 Å². The van der Waals surface area contributed by atoms with E-state index in [-0.39, 0.29) is 22.3 Å². The van der Waals surface area contributed by atoms with Gasteiger partial charge in [-0.05, 0) is 25.5 Å². The predicted octanol–water partition coefficient (Wildman–Crippen LogP) is 1.39. The summed E-state index contributed by atoms with van der Waals surface area (Å²) < 4.78 is 32.6. The van der Waals surface area contributed by atoms with Crippen molar-refractivity contribution in [2.45, 2.75) is 29.6 Å². The number of rotatable bonds is 5. The van der Waals surface area contributed by atoms with Crippen molar-refractivity contribution in [1.29, 1.82) is 0 Å². The second-order valence-corrected chi connectivity index (χ2v) is 9.24. The van der Waals surface area contributed by atoms with Crippen LogP contribution in [-0.4, -0.2) is 56.4 Å². The number of esters is 1. The Morgan fingerprint density at radius 1 is 1.27 bits per heavy atom. The zero-order valence-electron chi connectivity index (χ0n) is 14.3. The lowest BCUT2D eigenvalue weighted by molar-refractivity contribution is -0.128. The quantitative estimate of drug-likeness (QED) is 0.736. The van der Waals surface area contributed by atoms with Crippen LogP contribution >= 0.6 is 11.8 Å². The first-order valence-corrected chi connectivity index (χ1v) is 10.5. The molecule has 2 rings (SSSR count). The number of thioether (sulfide) groups is 1. The highest BCUT2D eigenvalue weighted by atomic mass is 32.2. The van der Waals surface area contributed by atoms with Gasteiger partial charge in [-0.15, -0.1) is 11.8 Å². The Kier molecular flexibility index (Phi) is 6.65. The number of amides is 2. The predicted molar refractivity (Wildman–Crippen MR) is 94.8 cm³/mol. The molecule has 2 amide bonds. The number of carbonyl (C=O) groups is 3. The summed E-state index contributed by atoms with van der Waals surface area (Å²) in [4.78, 5) is 35.8. The molecule has 1 aliphatic heterocycles. The first-order chi connectivity index (χ1) is 12.2. The highest BCUT2D eigenvalue weighted by Gasteiger charge is 2.30. The Morgan fingerprint density at radius 3 is 2.58 bits per heavy atom. The Labute approximate surface area is 155 Å². The molecule has 1 fully saturated rings. The normalized spacial score (nSPS) is 19.4. The second kappa shape index (κ2) is 8.54. The van der Waals surface area contributed by atoms with E-state index in [1.807, 2.05) is 5.32 Å². The van der Waals surface area contributed by atoms with Crippen LogP contribution < -0.4 is 5.32 Å². The van der Waals surface area contributed by atoms with E-state index in [4.69, 9.17) is 4.74 Å². The fourth-order valence-corrected chi connectivity index (χ4v) is 5.92. The molecule has 0 unspecified atom stereocenters. The van der Waals surface area contributed by atoms with Crippen LogP contribution in [0.25, 0.3) is 0 Å². The van der Waals surface area contributed by atoms with Gasteiger partial charge < -0.3 is 9.47 Å². The Balaban J connectivity index is 2.05. The molecular weight excluding hydrogens is 382 g/mol. The summed E-state index contributed by atoms with van der Waals surface area (Å²) >= 11 is 1.30. The maximum Gasteiger partial charge on any atom is 0.413 e. The lowest BCUT2D eigenvalue weighted by Crippen LogP contribution is -2.39. The Hall–Kier alpha value is -2.07. The van der Waals surface area contributed by atoms with Gasteiger partial charge in [-0.3, -0.25) is 10.1 Å². The molecule has 1 aliphatic rings. The smallest absolute Gasteiger partial charge is 0.413 e. The number of hydrogen-bond acceptors (Lipinski definition) is 8. The molecule has 0 saturated carbocycles. The monoisotopic (exact) mass is 401 g/mol. The molecule has 0 aromatic heterocycles. The maximum absolute atomic E-state index is 12.4. The van der Waals surface area contributed by atoms with Crippen LogP contribution in [0.5, 0.6) is 0 Å². The average Bonchev–Trinajstić information content (AvgIpc) is 2.93. The molecule has 26 heavy (non-hydrogen) atoms. The summed E-state index contributed by atoms with van der Waals surface area (Å²) in [6.45, 7) is 1.33. The van der Waals surface area contributed by atoms with Gasteiger partial charge in [0.1, 0.15) is 0 Å². The number of ether oxygens (including phenoxy) is 2. The zero-order chi connectivity index (χ0) is 19.3. The molecule has 0 spiro atoms. The minimum absolute atomic E-state index is 0.0684. The molecule has 8 nitrogen and oxygen atoms in total. The van der Waals surface area contributed by atoms with Gasteiger partial charge in [-0.25, -0.2) is 18.0 Å². The van der Waals surface area contributed by atoms with Gasteiger partial charge in [0.2, 0.25) is 0 Å². The lowest BCUT2D eigenvalue weighted by Gasteiger charge is -2.15. The minimum Gasteiger partial charge on any atom is -0.453 e. The third-order valence-corrected chi connectivity index (χ3v) is 6.98. The molecule has 2 atom stereocenters. The molecular formula is C16H19NO7S2. The summed E-state index contributed by atoms with van der Waals surface area (Å²) in [5, 5.41) is 1.79. The van der Waals surface area contributed by atoms with Crippen molar-refractivity contribution in [1.82, 2.24) is 5.32 Å². The molecule has 142 valence electrons. The Morgan fingerprint density at radius 2 is 1.96 bits per heavy atom. The van der Waals surface area contributed by atoms with Gasteiger partial charge in [-0.1, -0.05) is 12.1 Å². The van der Waals surface area contributed by atoms with E-state index < -0.39 is 33.9 Å². The van der Waals surface area contributed by atoms with Crippen LogP contribution in [0, 0.1) is 0 Å². The summed E-state index contributed by atoms with van der Waals surface area (Å²) in [5.41, 5.74) is 0.236. The lowest BCUT2D eigenvalue weighted by atomic mass is 10.2. The SMILES string of the molecule is COC(=O)NC(=O)[C@H](C)OC(=O)c1ccccc1S[C@@H]1CCS(=O)(=O)C1. The molecule has 1 N–H and O–H groups in total. The van der Waals surface area contributed by atoms with Gasteiger partial charge in [0.05, 0.1) is 24.2 Å². The van der Waals surface area contributed by atoms with E-state index >= 15 is 0 Å². The topological polar surface area (TPSA) is 116 Å². The maximum atomic E-state index is 12.4. The molecule has 1 heterocycles. The van der Waals surface area contributed by atoms with Gasteiger partial charge in [0.25, 0.3) is 5.91 Å². The van der Waals surface area contributed by atoms with Gasteiger partial charge in [0, 0.05) is 10.1 Å². The number of nitrogens with one attached hydrogen (secondary N) is 1. The van der Waals surface area contributed by atoms with Crippen molar-refractivity contribution in [3.8, 4) is 0 Å². The number of carbonyl (C=O) groups excluding carboxylic acids is 3. The number of imide groups is 1. The van der Waals surface area contributed by atoms with E-state index in [1.165, 1.54) is 18.7 Å². The van der Waals surface area contributed by atoms with Crippen molar-refractivity contribution < 1.29 is 32.3 Å². The third kappa shape index (κ3) is 5.46. The number of hydrogen-bond donors (Lipinski definition) is 1. The molecule has 0 radical (unpaired) electrons. The molecule has 0 bridgehead atoms. The van der Waals surface area contributed by atoms with Crippen LogP contribution in [0.4, 0.5) is 4.79 Å². The number of benzene rings is 1. The molecule has 0 aliphatic carbocycles. The van der Waals surface area contributed by atoms with Crippen molar-refractivity contribution >= 4 is 39.6 Å². The summed E-state index contributed by atoms with van der Waals surface area (Å²) in [6, 6.07) is 6.62. The van der Waals surface area contributed by atoms with Gasteiger partial charge in [-0.2, -0.15) is 0 Å². The molecule has 1 aromatic carbocycles. The van der Waals surface area contributed by atoms with E-state index in [1.54, 1.807) is 24.3 Å². The zero-order valence-corrected chi connectivity index (χ0v) is 15.9. The van der Waals surface area contributed by atoms with Crippen molar-refractivity contribution in [3.63, 3.8) is 0 Å². The summed E-state index contributed by atoms with van der Waals surface area (Å²) in [7, 11) is -1.92.